The molecule has 2 unspecified atom stereocenters. The van der Waals surface area contributed by atoms with Crippen LogP contribution in [0.15, 0.2) is 23.8 Å². The minimum Gasteiger partial charge on any atom is -0.481 e. The Kier molecular flexibility index (Phi) is 10.2. The maximum absolute atomic E-state index is 11.1. The monoisotopic (exact) mass is 366 g/mol. The van der Waals surface area contributed by atoms with Gasteiger partial charge in [-0.2, -0.15) is 0 Å². The molecule has 0 aromatic carbocycles. The Hall–Kier alpha value is -1.13. The molecule has 1 fully saturated rings. The molecule has 150 valence electrons. The first-order valence-corrected chi connectivity index (χ1v) is 10.4. The molecule has 1 rings (SSSR count). The summed E-state index contributed by atoms with van der Waals surface area (Å²) in [5.41, 5.74) is 0.961. The molecular weight excluding hydrogens is 328 g/mol. The molecule has 0 bridgehead atoms. The van der Waals surface area contributed by atoms with Crippen molar-refractivity contribution in [3.05, 3.63) is 23.8 Å². The molecule has 0 amide bonds. The van der Waals surface area contributed by atoms with E-state index in [1.54, 1.807) is 0 Å². The molecule has 0 aromatic rings. The summed E-state index contributed by atoms with van der Waals surface area (Å²) in [6.07, 6.45) is 13.3. The van der Waals surface area contributed by atoms with Gasteiger partial charge in [-0.05, 0) is 50.4 Å². The second-order valence-electron chi connectivity index (χ2n) is 7.47. The van der Waals surface area contributed by atoms with E-state index in [4.69, 9.17) is 14.9 Å². The molecule has 1 saturated heterocycles. The van der Waals surface area contributed by atoms with E-state index in [1.807, 2.05) is 0 Å². The van der Waals surface area contributed by atoms with Gasteiger partial charge in [0.2, 0.25) is 0 Å². The number of carboxylic acids is 1. The van der Waals surface area contributed by atoms with Gasteiger partial charge in [-0.3, -0.25) is 4.79 Å². The number of hydrogen-bond donors (Lipinski definition) is 1. The summed E-state index contributed by atoms with van der Waals surface area (Å²) in [4.78, 5) is 22.5. The third-order valence-corrected chi connectivity index (χ3v) is 5.58. The molecule has 26 heavy (non-hydrogen) atoms. The molecule has 1 heterocycles. The topological polar surface area (TPSA) is 55.8 Å². The third kappa shape index (κ3) is 6.88. The lowest BCUT2D eigenvalue weighted by molar-refractivity contribution is -0.409. The van der Waals surface area contributed by atoms with Crippen molar-refractivity contribution in [2.75, 3.05) is 0 Å². The van der Waals surface area contributed by atoms with E-state index in [1.165, 1.54) is 5.57 Å². The predicted molar refractivity (Wildman–Crippen MR) is 106 cm³/mol. The first-order chi connectivity index (χ1) is 12.4. The van der Waals surface area contributed by atoms with Crippen LogP contribution in [0.2, 0.25) is 0 Å². The Morgan fingerprint density at radius 1 is 1.27 bits per heavy atom. The van der Waals surface area contributed by atoms with E-state index in [9.17, 15) is 4.79 Å². The summed E-state index contributed by atoms with van der Waals surface area (Å²) < 4.78 is 0. The maximum atomic E-state index is 11.1. The van der Waals surface area contributed by atoms with Crippen molar-refractivity contribution in [3.8, 4) is 0 Å². The maximum Gasteiger partial charge on any atom is 0.306 e. The van der Waals surface area contributed by atoms with Crippen molar-refractivity contribution in [2.24, 2.45) is 11.8 Å². The zero-order chi connectivity index (χ0) is 19.6. The lowest BCUT2D eigenvalue weighted by Gasteiger charge is -2.41. The van der Waals surface area contributed by atoms with Crippen molar-refractivity contribution >= 4 is 5.97 Å². The summed E-state index contributed by atoms with van der Waals surface area (Å²) >= 11 is 0. The first kappa shape index (κ1) is 22.9. The number of carbonyl (C=O) groups is 1. The molecule has 4 heteroatoms. The van der Waals surface area contributed by atoms with E-state index in [0.29, 0.717) is 5.92 Å². The Morgan fingerprint density at radius 3 is 2.50 bits per heavy atom. The Bertz CT molecular complexity index is 483. The molecule has 1 N–H and O–H groups in total. The minimum atomic E-state index is -0.834. The van der Waals surface area contributed by atoms with Gasteiger partial charge in [0.1, 0.15) is 11.7 Å². The van der Waals surface area contributed by atoms with Gasteiger partial charge in [-0.15, -0.1) is 0 Å². The zero-order valence-corrected chi connectivity index (χ0v) is 17.3. The summed E-state index contributed by atoms with van der Waals surface area (Å²) in [5.74, 6) is -0.0725. The molecule has 1 aliphatic rings. The minimum absolute atomic E-state index is 0.00235. The van der Waals surface area contributed by atoms with E-state index < -0.39 is 11.6 Å². The Morgan fingerprint density at radius 2 is 2.00 bits per heavy atom. The SMILES string of the molecule is CC/C=C/C(CC)C/C(=C/C1(CC)C[C@H](CC)[C@H](CC(=O)O)OO1)CC. The lowest BCUT2D eigenvalue weighted by atomic mass is 9.80. The van der Waals surface area contributed by atoms with Crippen molar-refractivity contribution < 1.29 is 19.7 Å². The van der Waals surface area contributed by atoms with Crippen molar-refractivity contribution in [1.82, 2.24) is 0 Å². The number of allylic oxidation sites excluding steroid dienone is 3. The van der Waals surface area contributed by atoms with E-state index in [-0.39, 0.29) is 18.4 Å². The van der Waals surface area contributed by atoms with E-state index in [0.717, 1.165) is 44.9 Å². The van der Waals surface area contributed by atoms with Crippen LogP contribution in [0.25, 0.3) is 0 Å². The van der Waals surface area contributed by atoms with Gasteiger partial charge in [0.15, 0.2) is 0 Å². The summed E-state index contributed by atoms with van der Waals surface area (Å²) in [5, 5.41) is 9.09. The molecule has 0 saturated carbocycles. The van der Waals surface area contributed by atoms with Crippen LogP contribution < -0.4 is 0 Å². The predicted octanol–water partition coefficient (Wildman–Crippen LogP) is 6.08. The number of aliphatic carboxylic acids is 1. The lowest BCUT2D eigenvalue weighted by Crippen LogP contribution is -2.44. The molecule has 1 aliphatic heterocycles. The summed E-state index contributed by atoms with van der Waals surface area (Å²) in [6, 6.07) is 0. The van der Waals surface area contributed by atoms with Crippen LogP contribution in [0.5, 0.6) is 0 Å². The highest BCUT2D eigenvalue weighted by Gasteiger charge is 2.41. The van der Waals surface area contributed by atoms with Crippen LogP contribution in [-0.2, 0) is 14.6 Å². The second kappa shape index (κ2) is 11.6. The number of rotatable bonds is 11. The van der Waals surface area contributed by atoms with Crippen LogP contribution >= 0.6 is 0 Å². The third-order valence-electron chi connectivity index (χ3n) is 5.58. The molecule has 0 spiro atoms. The normalized spacial score (nSPS) is 28.4. The van der Waals surface area contributed by atoms with E-state index in [2.05, 4.69) is 52.8 Å². The van der Waals surface area contributed by atoms with Crippen LogP contribution in [0, 0.1) is 11.8 Å². The average molecular weight is 367 g/mol. The largest absolute Gasteiger partial charge is 0.481 e. The van der Waals surface area contributed by atoms with Gasteiger partial charge in [-0.25, -0.2) is 9.78 Å². The van der Waals surface area contributed by atoms with Gasteiger partial charge in [-0.1, -0.05) is 64.8 Å². The van der Waals surface area contributed by atoms with Crippen LogP contribution in [0.1, 0.15) is 86.0 Å². The smallest absolute Gasteiger partial charge is 0.306 e. The fourth-order valence-corrected chi connectivity index (χ4v) is 3.70. The number of carboxylic acid groups (broad SMARTS) is 1. The molecule has 0 aromatic heterocycles. The summed E-state index contributed by atoms with van der Waals surface area (Å²) in [6.45, 7) is 10.8. The highest BCUT2D eigenvalue weighted by Crippen LogP contribution is 2.39. The van der Waals surface area contributed by atoms with Crippen molar-refractivity contribution in [3.63, 3.8) is 0 Å². The Balaban J connectivity index is 2.94. The molecule has 4 nitrogen and oxygen atoms in total. The second-order valence-corrected chi connectivity index (χ2v) is 7.47. The highest BCUT2D eigenvalue weighted by atomic mass is 17.2. The van der Waals surface area contributed by atoms with Crippen LogP contribution in [0.3, 0.4) is 0 Å². The number of hydrogen-bond acceptors (Lipinski definition) is 3. The fourth-order valence-electron chi connectivity index (χ4n) is 3.70. The van der Waals surface area contributed by atoms with Crippen LogP contribution in [0.4, 0.5) is 0 Å². The van der Waals surface area contributed by atoms with Crippen molar-refractivity contribution in [1.29, 1.82) is 0 Å². The van der Waals surface area contributed by atoms with Crippen molar-refractivity contribution in [2.45, 2.75) is 97.7 Å². The van der Waals surface area contributed by atoms with Crippen LogP contribution in [-0.4, -0.2) is 22.8 Å². The van der Waals surface area contributed by atoms with Gasteiger partial charge in [0, 0.05) is 0 Å². The van der Waals surface area contributed by atoms with Gasteiger partial charge >= 0.3 is 5.97 Å². The molecule has 0 aliphatic carbocycles. The van der Waals surface area contributed by atoms with Gasteiger partial charge in [0.05, 0.1) is 6.42 Å². The summed E-state index contributed by atoms with van der Waals surface area (Å²) in [7, 11) is 0. The van der Waals surface area contributed by atoms with Gasteiger partial charge < -0.3 is 5.11 Å². The highest BCUT2D eigenvalue weighted by molar-refractivity contribution is 5.67. The van der Waals surface area contributed by atoms with E-state index >= 15 is 0 Å². The quantitative estimate of drug-likeness (QED) is 0.356. The Labute approximate surface area is 159 Å². The molecule has 0 radical (unpaired) electrons. The molecular formula is C22H38O4. The first-order valence-electron chi connectivity index (χ1n) is 10.4. The average Bonchev–Trinajstić information content (AvgIpc) is 2.65. The van der Waals surface area contributed by atoms with Gasteiger partial charge in [0.25, 0.3) is 0 Å². The fraction of sp³-hybridized carbons (Fsp3) is 0.773. The molecule has 4 atom stereocenters. The standard InChI is InChI=1S/C22H38O4/c1-6-11-12-17(7-2)13-18(8-3)15-22(10-5)16-19(9-4)20(25-26-22)14-21(23)24/h11-12,15,17,19-20H,6-10,13-14,16H2,1-5H3,(H,23,24)/b12-11+,18-15+/t17?,19-,20-,22?/m0/s1. The zero-order valence-electron chi connectivity index (χ0n) is 17.3.